The molecule has 98 valence electrons. The van der Waals surface area contributed by atoms with E-state index in [1.54, 1.807) is 24.5 Å². The molecule has 0 radical (unpaired) electrons. The monoisotopic (exact) mass is 276 g/mol. The highest BCUT2D eigenvalue weighted by Gasteiger charge is 2.15. The van der Waals surface area contributed by atoms with Gasteiger partial charge in [-0.2, -0.15) is 0 Å². The van der Waals surface area contributed by atoms with E-state index in [4.69, 9.17) is 11.1 Å². The molecule has 0 bridgehead atoms. The summed E-state index contributed by atoms with van der Waals surface area (Å²) in [5.74, 6) is -0.216. The summed E-state index contributed by atoms with van der Waals surface area (Å²) in [7, 11) is -3.37. The first-order valence-corrected chi connectivity index (χ1v) is 7.23. The lowest BCUT2D eigenvalue weighted by atomic mass is 10.1. The minimum absolute atomic E-state index is 0.0873. The number of hydrogen-bond acceptors (Lipinski definition) is 5. The smallest absolute Gasteiger partial charge is 0.177 e. The van der Waals surface area contributed by atoms with Gasteiger partial charge in [-0.1, -0.05) is 0 Å². The number of amidine groups is 1. The summed E-state index contributed by atoms with van der Waals surface area (Å²) in [5.41, 5.74) is 6.92. The number of nitrogens with two attached hydrogens (primary N) is 1. The van der Waals surface area contributed by atoms with E-state index in [0.717, 1.165) is 6.26 Å². The summed E-state index contributed by atoms with van der Waals surface area (Å²) >= 11 is 0. The van der Waals surface area contributed by atoms with Crippen molar-refractivity contribution in [2.45, 2.75) is 4.90 Å². The number of aromatic nitrogens is 2. The topological polar surface area (TPSA) is 110 Å². The minimum Gasteiger partial charge on any atom is -0.382 e. The molecule has 0 fully saturated rings. The van der Waals surface area contributed by atoms with Crippen LogP contribution in [0.2, 0.25) is 0 Å². The molecule has 2 heterocycles. The van der Waals surface area contributed by atoms with Crippen molar-refractivity contribution >= 4 is 15.7 Å². The van der Waals surface area contributed by atoms with E-state index >= 15 is 0 Å². The Hall–Kier alpha value is -2.28. The van der Waals surface area contributed by atoms with Crippen LogP contribution in [-0.4, -0.2) is 30.5 Å². The fraction of sp³-hybridized carbons (Fsp3) is 0.0833. The average molecular weight is 276 g/mol. The van der Waals surface area contributed by atoms with Crippen LogP contribution in [0.1, 0.15) is 5.69 Å². The van der Waals surface area contributed by atoms with Crippen LogP contribution in [0.5, 0.6) is 0 Å². The first-order chi connectivity index (χ1) is 8.89. The van der Waals surface area contributed by atoms with Gasteiger partial charge in [0.15, 0.2) is 9.84 Å². The van der Waals surface area contributed by atoms with E-state index < -0.39 is 9.84 Å². The second-order valence-corrected chi connectivity index (χ2v) is 6.00. The molecule has 0 spiro atoms. The second-order valence-electron chi connectivity index (χ2n) is 3.99. The molecule has 2 aromatic heterocycles. The highest BCUT2D eigenvalue weighted by Crippen LogP contribution is 2.24. The predicted molar refractivity (Wildman–Crippen MR) is 71.6 cm³/mol. The molecule has 0 amide bonds. The molecule has 3 N–H and O–H groups in total. The zero-order chi connectivity index (χ0) is 14.0. The quantitative estimate of drug-likeness (QED) is 0.637. The number of sulfone groups is 1. The molecule has 0 aromatic carbocycles. The number of hydrogen-bond donors (Lipinski definition) is 2. The highest BCUT2D eigenvalue weighted by molar-refractivity contribution is 7.90. The molecule has 2 aromatic rings. The maximum Gasteiger partial charge on any atom is 0.177 e. The van der Waals surface area contributed by atoms with Crippen LogP contribution in [0.25, 0.3) is 11.1 Å². The second kappa shape index (κ2) is 4.77. The van der Waals surface area contributed by atoms with Gasteiger partial charge in [-0.15, -0.1) is 0 Å². The lowest BCUT2D eigenvalue weighted by molar-refractivity contribution is 0.601. The minimum atomic E-state index is -3.37. The molecule has 0 saturated carbocycles. The Labute approximate surface area is 110 Å². The Balaban J connectivity index is 2.72. The van der Waals surface area contributed by atoms with Gasteiger partial charge in [-0.25, -0.2) is 8.42 Å². The summed E-state index contributed by atoms with van der Waals surface area (Å²) in [6.45, 7) is 0. The van der Waals surface area contributed by atoms with Gasteiger partial charge in [-0.05, 0) is 23.8 Å². The molecular formula is C12H12N4O2S. The Morgan fingerprint density at radius 2 is 1.95 bits per heavy atom. The molecule has 0 atom stereocenters. The summed E-state index contributed by atoms with van der Waals surface area (Å²) in [5, 5.41) is 7.50. The van der Waals surface area contributed by atoms with Crippen molar-refractivity contribution in [2.75, 3.05) is 6.26 Å². The molecule has 2 rings (SSSR count). The van der Waals surface area contributed by atoms with Gasteiger partial charge >= 0.3 is 0 Å². The third kappa shape index (κ3) is 2.76. The van der Waals surface area contributed by atoms with E-state index in [1.807, 2.05) is 0 Å². The maximum atomic E-state index is 11.6. The number of nitrogens with zero attached hydrogens (tertiary/aromatic N) is 2. The van der Waals surface area contributed by atoms with Crippen LogP contribution in [0, 0.1) is 5.41 Å². The molecule has 6 nitrogen and oxygen atoms in total. The van der Waals surface area contributed by atoms with Gasteiger partial charge < -0.3 is 5.73 Å². The lowest BCUT2D eigenvalue weighted by Crippen LogP contribution is -2.15. The van der Waals surface area contributed by atoms with E-state index in [-0.39, 0.29) is 16.4 Å². The van der Waals surface area contributed by atoms with Gasteiger partial charge in [0, 0.05) is 30.4 Å². The van der Waals surface area contributed by atoms with Crippen LogP contribution in [0.4, 0.5) is 0 Å². The van der Waals surface area contributed by atoms with Gasteiger partial charge in [0.05, 0.1) is 4.90 Å². The molecule has 0 unspecified atom stereocenters. The third-order valence-electron chi connectivity index (χ3n) is 2.54. The average Bonchev–Trinajstić information content (AvgIpc) is 2.38. The molecule has 19 heavy (non-hydrogen) atoms. The van der Waals surface area contributed by atoms with Crippen LogP contribution in [-0.2, 0) is 9.84 Å². The van der Waals surface area contributed by atoms with Crippen molar-refractivity contribution in [1.82, 2.24) is 9.97 Å². The molecular weight excluding hydrogens is 264 g/mol. The van der Waals surface area contributed by atoms with Gasteiger partial charge in [0.25, 0.3) is 0 Å². The highest BCUT2D eigenvalue weighted by atomic mass is 32.2. The summed E-state index contributed by atoms with van der Waals surface area (Å²) < 4.78 is 23.1. The number of rotatable bonds is 3. The van der Waals surface area contributed by atoms with Crippen molar-refractivity contribution < 1.29 is 8.42 Å². The Bertz CT molecular complexity index is 727. The van der Waals surface area contributed by atoms with E-state index in [0.29, 0.717) is 11.1 Å². The zero-order valence-corrected chi connectivity index (χ0v) is 11.0. The SMILES string of the molecule is CS(=O)(=O)c1cnc(C(=N)N)c(-c2ccncc2)c1. The summed E-state index contributed by atoms with van der Waals surface area (Å²) in [4.78, 5) is 7.95. The molecule has 7 heteroatoms. The summed E-state index contributed by atoms with van der Waals surface area (Å²) in [6, 6.07) is 4.87. The standard InChI is InChI=1S/C12H12N4O2S/c1-19(17,18)9-6-10(8-2-4-15-5-3-8)11(12(13)14)16-7-9/h2-7H,1H3,(H3,13,14). The fourth-order valence-electron chi connectivity index (χ4n) is 1.61. The van der Waals surface area contributed by atoms with Gasteiger partial charge in [0.2, 0.25) is 0 Å². The van der Waals surface area contributed by atoms with Crippen molar-refractivity contribution in [3.8, 4) is 11.1 Å². The van der Waals surface area contributed by atoms with E-state index in [1.165, 1.54) is 12.3 Å². The van der Waals surface area contributed by atoms with Crippen molar-refractivity contribution in [3.63, 3.8) is 0 Å². The molecule has 0 aliphatic carbocycles. The van der Waals surface area contributed by atoms with E-state index in [2.05, 4.69) is 9.97 Å². The Morgan fingerprint density at radius 1 is 1.32 bits per heavy atom. The van der Waals surface area contributed by atoms with Gasteiger partial charge in [0.1, 0.15) is 11.5 Å². The van der Waals surface area contributed by atoms with Crippen molar-refractivity contribution in [3.05, 3.63) is 42.5 Å². The van der Waals surface area contributed by atoms with Gasteiger partial charge in [-0.3, -0.25) is 15.4 Å². The first-order valence-electron chi connectivity index (χ1n) is 5.34. The number of nitrogen functional groups attached to an aromatic ring is 1. The first kappa shape index (κ1) is 13.2. The van der Waals surface area contributed by atoms with Crippen LogP contribution in [0.3, 0.4) is 0 Å². The van der Waals surface area contributed by atoms with E-state index in [9.17, 15) is 8.42 Å². The Morgan fingerprint density at radius 3 is 2.47 bits per heavy atom. The largest absolute Gasteiger partial charge is 0.382 e. The van der Waals surface area contributed by atoms with Crippen LogP contribution in [0.15, 0.2) is 41.7 Å². The third-order valence-corrected chi connectivity index (χ3v) is 3.62. The van der Waals surface area contributed by atoms with Crippen molar-refractivity contribution in [1.29, 1.82) is 5.41 Å². The predicted octanol–water partition coefficient (Wildman–Crippen LogP) is 0.831. The Kier molecular flexibility index (Phi) is 3.30. The fourth-order valence-corrected chi connectivity index (χ4v) is 2.19. The van der Waals surface area contributed by atoms with Crippen molar-refractivity contribution in [2.24, 2.45) is 5.73 Å². The zero-order valence-electron chi connectivity index (χ0n) is 10.2. The normalized spacial score (nSPS) is 11.2. The van der Waals surface area contributed by atoms with Crippen LogP contribution < -0.4 is 5.73 Å². The maximum absolute atomic E-state index is 11.6. The molecule has 0 saturated heterocycles. The molecule has 0 aliphatic rings. The lowest BCUT2D eigenvalue weighted by Gasteiger charge is -2.09. The summed E-state index contributed by atoms with van der Waals surface area (Å²) in [6.07, 6.45) is 5.46. The van der Waals surface area contributed by atoms with Crippen LogP contribution >= 0.6 is 0 Å². The number of nitrogens with one attached hydrogen (secondary N) is 1. The molecule has 0 aliphatic heterocycles. The number of pyridine rings is 2.